The van der Waals surface area contributed by atoms with Crippen LogP contribution in [0, 0.1) is 0 Å². The quantitative estimate of drug-likeness (QED) is 0.361. The Morgan fingerprint density at radius 3 is 2.26 bits per heavy atom. The van der Waals surface area contributed by atoms with Crippen molar-refractivity contribution in [3.05, 3.63) is 119 Å². The number of nitrogens with zero attached hydrogens (tertiary/aromatic N) is 1. The summed E-state index contributed by atoms with van der Waals surface area (Å²) < 4.78 is 0. The average Bonchev–Trinajstić information content (AvgIpc) is 2.92. The summed E-state index contributed by atoms with van der Waals surface area (Å²) in [6.07, 6.45) is 2.34. The Bertz CT molecular complexity index is 1240. The minimum absolute atomic E-state index is 0.0387. The first-order valence-corrected chi connectivity index (χ1v) is 12.6. The van der Waals surface area contributed by atoms with Crippen molar-refractivity contribution < 1.29 is 4.79 Å². The molecule has 178 valence electrons. The first kappa shape index (κ1) is 23.3. The van der Waals surface area contributed by atoms with Crippen molar-refractivity contribution in [2.75, 3.05) is 13.1 Å². The number of nitrogens with one attached hydrogen (secondary N) is 2. The lowest BCUT2D eigenvalue weighted by Crippen LogP contribution is -2.41. The van der Waals surface area contributed by atoms with Crippen molar-refractivity contribution in [2.45, 2.75) is 38.5 Å². The van der Waals surface area contributed by atoms with Crippen LogP contribution in [0.25, 0.3) is 10.8 Å². The molecule has 2 N–H and O–H groups in total. The molecule has 1 aliphatic heterocycles. The monoisotopic (exact) mass is 463 g/mol. The van der Waals surface area contributed by atoms with Crippen molar-refractivity contribution in [3.63, 3.8) is 0 Å². The Labute approximate surface area is 208 Å². The number of fused-ring (bicyclic) bond motifs is 1. The van der Waals surface area contributed by atoms with Crippen LogP contribution in [0.15, 0.2) is 97.1 Å². The molecule has 0 bridgehead atoms. The summed E-state index contributed by atoms with van der Waals surface area (Å²) >= 11 is 0. The number of rotatable bonds is 8. The van der Waals surface area contributed by atoms with Gasteiger partial charge in [0.15, 0.2) is 0 Å². The van der Waals surface area contributed by atoms with Crippen LogP contribution in [0.1, 0.15) is 39.9 Å². The van der Waals surface area contributed by atoms with Gasteiger partial charge in [0.25, 0.3) is 5.91 Å². The molecule has 35 heavy (non-hydrogen) atoms. The summed E-state index contributed by atoms with van der Waals surface area (Å²) in [5.74, 6) is -0.0387. The van der Waals surface area contributed by atoms with E-state index in [1.54, 1.807) is 0 Å². The molecule has 4 aromatic carbocycles. The van der Waals surface area contributed by atoms with E-state index in [0.717, 1.165) is 31.7 Å². The molecule has 0 atom stereocenters. The predicted octanol–water partition coefficient (Wildman–Crippen LogP) is 5.52. The van der Waals surface area contributed by atoms with E-state index in [-0.39, 0.29) is 5.91 Å². The minimum atomic E-state index is -0.0387. The van der Waals surface area contributed by atoms with Crippen molar-refractivity contribution in [1.29, 1.82) is 0 Å². The van der Waals surface area contributed by atoms with Crippen LogP contribution in [-0.2, 0) is 19.6 Å². The van der Waals surface area contributed by atoms with Crippen molar-refractivity contribution >= 4 is 16.7 Å². The third kappa shape index (κ3) is 6.16. The molecule has 1 saturated heterocycles. The normalized spacial score (nSPS) is 14.7. The topological polar surface area (TPSA) is 44.4 Å². The first-order chi connectivity index (χ1) is 17.2. The Morgan fingerprint density at radius 1 is 0.743 bits per heavy atom. The summed E-state index contributed by atoms with van der Waals surface area (Å²) in [5, 5.41) is 9.16. The second-order valence-corrected chi connectivity index (χ2v) is 9.43. The standard InChI is InChI=1S/C31H33N3O/c35-31(33-22-28-11-6-10-26-9-4-5-12-30(26)28)27-15-13-24(14-16-27)21-32-29-17-19-34(20-18-29)23-25-7-2-1-3-8-25/h1-16,29,32H,17-23H2,(H,33,35). The maximum Gasteiger partial charge on any atom is 0.251 e. The molecular weight excluding hydrogens is 430 g/mol. The molecule has 1 amide bonds. The smallest absolute Gasteiger partial charge is 0.251 e. The molecule has 4 nitrogen and oxygen atoms in total. The van der Waals surface area contributed by atoms with Crippen LogP contribution in [-0.4, -0.2) is 29.9 Å². The van der Waals surface area contributed by atoms with Crippen LogP contribution in [0.5, 0.6) is 0 Å². The van der Waals surface area contributed by atoms with Crippen LogP contribution in [0.2, 0.25) is 0 Å². The van der Waals surface area contributed by atoms with Crippen LogP contribution >= 0.6 is 0 Å². The van der Waals surface area contributed by atoms with Crippen LogP contribution in [0.4, 0.5) is 0 Å². The van der Waals surface area contributed by atoms with E-state index in [1.165, 1.54) is 34.7 Å². The number of hydrogen-bond acceptors (Lipinski definition) is 3. The van der Waals surface area contributed by atoms with Crippen molar-refractivity contribution in [1.82, 2.24) is 15.5 Å². The zero-order valence-corrected chi connectivity index (χ0v) is 20.1. The lowest BCUT2D eigenvalue weighted by molar-refractivity contribution is 0.0951. The molecule has 4 heteroatoms. The summed E-state index contributed by atoms with van der Waals surface area (Å²) in [6, 6.07) is 33.7. The number of carbonyl (C=O) groups is 1. The third-order valence-corrected chi connectivity index (χ3v) is 6.97. The highest BCUT2D eigenvalue weighted by atomic mass is 16.1. The van der Waals surface area contributed by atoms with Gasteiger partial charge in [-0.25, -0.2) is 0 Å². The Morgan fingerprint density at radius 2 is 1.46 bits per heavy atom. The predicted molar refractivity (Wildman–Crippen MR) is 143 cm³/mol. The molecule has 1 fully saturated rings. The van der Waals surface area contributed by atoms with Crippen molar-refractivity contribution in [3.8, 4) is 0 Å². The van der Waals surface area contributed by atoms with Gasteiger partial charge in [0.05, 0.1) is 0 Å². The fourth-order valence-corrected chi connectivity index (χ4v) is 4.90. The van der Waals surface area contributed by atoms with E-state index >= 15 is 0 Å². The molecule has 0 spiro atoms. The zero-order valence-electron chi connectivity index (χ0n) is 20.1. The highest BCUT2D eigenvalue weighted by molar-refractivity contribution is 5.94. The fourth-order valence-electron chi connectivity index (χ4n) is 4.90. The molecule has 5 rings (SSSR count). The lowest BCUT2D eigenvalue weighted by Gasteiger charge is -2.32. The van der Waals surface area contributed by atoms with E-state index in [9.17, 15) is 4.79 Å². The summed E-state index contributed by atoms with van der Waals surface area (Å²) in [4.78, 5) is 15.2. The van der Waals surface area contributed by atoms with Gasteiger partial charge in [-0.15, -0.1) is 0 Å². The van der Waals surface area contributed by atoms with Crippen LogP contribution in [0.3, 0.4) is 0 Å². The van der Waals surface area contributed by atoms with Gasteiger partial charge < -0.3 is 10.6 Å². The van der Waals surface area contributed by atoms with E-state index in [0.29, 0.717) is 18.2 Å². The SMILES string of the molecule is O=C(NCc1cccc2ccccc12)c1ccc(CNC2CCN(Cc3ccccc3)CC2)cc1. The Hall–Kier alpha value is -3.47. The fraction of sp³-hybridized carbons (Fsp3) is 0.258. The third-order valence-electron chi connectivity index (χ3n) is 6.97. The molecule has 0 radical (unpaired) electrons. The minimum Gasteiger partial charge on any atom is -0.348 e. The number of benzene rings is 4. The number of amides is 1. The molecule has 1 aliphatic rings. The lowest BCUT2D eigenvalue weighted by atomic mass is 10.0. The van der Waals surface area contributed by atoms with E-state index in [1.807, 2.05) is 30.3 Å². The highest BCUT2D eigenvalue weighted by Crippen LogP contribution is 2.19. The summed E-state index contributed by atoms with van der Waals surface area (Å²) in [7, 11) is 0. The second kappa shape index (κ2) is 11.3. The van der Waals surface area contributed by atoms with Gasteiger partial charge >= 0.3 is 0 Å². The number of likely N-dealkylation sites (tertiary alicyclic amines) is 1. The molecule has 0 aliphatic carbocycles. The molecule has 4 aromatic rings. The van der Waals surface area contributed by atoms with Crippen molar-refractivity contribution in [2.24, 2.45) is 0 Å². The Kier molecular flexibility index (Phi) is 7.52. The first-order valence-electron chi connectivity index (χ1n) is 12.6. The molecular formula is C31H33N3O. The molecule has 0 unspecified atom stereocenters. The molecule has 0 aromatic heterocycles. The molecule has 1 heterocycles. The van der Waals surface area contributed by atoms with Gasteiger partial charge in [0, 0.05) is 31.2 Å². The summed E-state index contributed by atoms with van der Waals surface area (Å²) in [6.45, 7) is 4.65. The van der Waals surface area contributed by atoms with Gasteiger partial charge in [-0.2, -0.15) is 0 Å². The maximum atomic E-state index is 12.7. The molecule has 0 saturated carbocycles. The van der Waals surface area contributed by atoms with Gasteiger partial charge in [-0.05, 0) is 65.5 Å². The van der Waals surface area contributed by atoms with Crippen LogP contribution < -0.4 is 10.6 Å². The van der Waals surface area contributed by atoms with Gasteiger partial charge in [0.1, 0.15) is 0 Å². The average molecular weight is 464 g/mol. The van der Waals surface area contributed by atoms with E-state index in [4.69, 9.17) is 0 Å². The van der Waals surface area contributed by atoms with Gasteiger partial charge in [-0.3, -0.25) is 9.69 Å². The number of piperidine rings is 1. The maximum absolute atomic E-state index is 12.7. The zero-order chi connectivity index (χ0) is 23.9. The number of hydrogen-bond donors (Lipinski definition) is 2. The largest absolute Gasteiger partial charge is 0.348 e. The van der Waals surface area contributed by atoms with E-state index in [2.05, 4.69) is 82.3 Å². The number of carbonyl (C=O) groups excluding carboxylic acids is 1. The second-order valence-electron chi connectivity index (χ2n) is 9.43. The van der Waals surface area contributed by atoms with Gasteiger partial charge in [0.2, 0.25) is 0 Å². The Balaban J connectivity index is 1.07. The van der Waals surface area contributed by atoms with Gasteiger partial charge in [-0.1, -0.05) is 84.9 Å². The van der Waals surface area contributed by atoms with E-state index < -0.39 is 0 Å². The highest BCUT2D eigenvalue weighted by Gasteiger charge is 2.18. The summed E-state index contributed by atoms with van der Waals surface area (Å²) in [5.41, 5.74) is 4.43.